The third kappa shape index (κ3) is 4.41. The van der Waals surface area contributed by atoms with Gasteiger partial charge >= 0.3 is 0 Å². The van der Waals surface area contributed by atoms with Crippen LogP contribution in [0.2, 0.25) is 5.02 Å². The molecule has 4 rings (SSSR count). The molecule has 2 aromatic carbocycles. The van der Waals surface area contributed by atoms with Crippen LogP contribution < -0.4 is 4.90 Å². The molecule has 5 nitrogen and oxygen atoms in total. The van der Waals surface area contributed by atoms with Crippen molar-refractivity contribution >= 4 is 33.0 Å². The minimum Gasteiger partial charge on any atom is -0.306 e. The van der Waals surface area contributed by atoms with E-state index in [-0.39, 0.29) is 36.0 Å². The smallest absolute Gasteiger partial charge is 0.241 e. The molecule has 0 aliphatic carbocycles. The summed E-state index contributed by atoms with van der Waals surface area (Å²) < 4.78 is 25.0. The van der Waals surface area contributed by atoms with Crippen molar-refractivity contribution in [2.24, 2.45) is 0 Å². The molecule has 2 aromatic rings. The second-order valence-corrected chi connectivity index (χ2v) is 11.2. The number of sulfone groups is 1. The van der Waals surface area contributed by atoms with Crippen molar-refractivity contribution in [2.45, 2.75) is 38.3 Å². The van der Waals surface area contributed by atoms with Crippen molar-refractivity contribution in [3.8, 4) is 0 Å². The average Bonchev–Trinajstić information content (AvgIpc) is 3.02. The Bertz CT molecular complexity index is 1020. The SMILES string of the molecule is CC(C)c1ccc(N2C(=O)CN(CCc3ccc(Cl)cc3)[C@H]3CS(=O)(=O)C[C@H]32)cc1. The van der Waals surface area contributed by atoms with E-state index in [2.05, 4.69) is 13.8 Å². The Kier molecular flexibility index (Phi) is 5.93. The second-order valence-electron chi connectivity index (χ2n) is 8.57. The van der Waals surface area contributed by atoms with Crippen molar-refractivity contribution in [2.75, 3.05) is 29.5 Å². The molecule has 0 spiro atoms. The maximum Gasteiger partial charge on any atom is 0.241 e. The molecule has 2 heterocycles. The molecule has 0 N–H and O–H groups in total. The number of benzene rings is 2. The van der Waals surface area contributed by atoms with Gasteiger partial charge in [-0.1, -0.05) is 49.7 Å². The zero-order chi connectivity index (χ0) is 21.5. The van der Waals surface area contributed by atoms with Crippen molar-refractivity contribution < 1.29 is 13.2 Å². The van der Waals surface area contributed by atoms with E-state index in [9.17, 15) is 13.2 Å². The van der Waals surface area contributed by atoms with Gasteiger partial charge in [0, 0.05) is 23.3 Å². The fourth-order valence-electron chi connectivity index (χ4n) is 4.48. The normalized spacial score (nSPS) is 23.7. The number of carbonyl (C=O) groups is 1. The molecule has 2 aliphatic heterocycles. The molecule has 0 aromatic heterocycles. The van der Waals surface area contributed by atoms with Crippen LogP contribution in [-0.4, -0.2) is 55.9 Å². The number of carbonyl (C=O) groups excluding carboxylic acids is 1. The standard InChI is InChI=1S/C23H27ClN2O3S/c1-16(2)18-5-9-20(10-6-18)26-22-15-30(28,29)14-21(22)25(13-23(26)27)12-11-17-3-7-19(24)8-4-17/h3-10,16,21-22H,11-15H2,1-2H3/t21-,22+/m0/s1. The first-order valence-electron chi connectivity index (χ1n) is 10.3. The lowest BCUT2D eigenvalue weighted by atomic mass is 10.00. The Morgan fingerprint density at radius 2 is 1.63 bits per heavy atom. The lowest BCUT2D eigenvalue weighted by Gasteiger charge is -2.43. The van der Waals surface area contributed by atoms with E-state index in [1.807, 2.05) is 53.4 Å². The first-order chi connectivity index (χ1) is 14.2. The van der Waals surface area contributed by atoms with E-state index in [0.29, 0.717) is 17.5 Å². The molecular formula is C23H27ClN2O3S. The highest BCUT2D eigenvalue weighted by Gasteiger charge is 2.49. The summed E-state index contributed by atoms with van der Waals surface area (Å²) in [6.07, 6.45) is 0.747. The molecule has 160 valence electrons. The summed E-state index contributed by atoms with van der Waals surface area (Å²) in [5, 5.41) is 0.688. The van der Waals surface area contributed by atoms with E-state index >= 15 is 0 Å². The van der Waals surface area contributed by atoms with Gasteiger partial charge in [-0.25, -0.2) is 8.42 Å². The first-order valence-corrected chi connectivity index (χ1v) is 12.5. The van der Waals surface area contributed by atoms with Crippen LogP contribution >= 0.6 is 11.6 Å². The third-order valence-electron chi connectivity index (χ3n) is 6.14. The molecule has 2 atom stereocenters. The highest BCUT2D eigenvalue weighted by Crippen LogP contribution is 2.32. The number of fused-ring (bicyclic) bond motifs is 1. The summed E-state index contributed by atoms with van der Waals surface area (Å²) >= 11 is 5.96. The Labute approximate surface area is 183 Å². The molecule has 30 heavy (non-hydrogen) atoms. The number of amides is 1. The van der Waals surface area contributed by atoms with Gasteiger partial charge in [-0.2, -0.15) is 0 Å². The van der Waals surface area contributed by atoms with Crippen LogP contribution in [0.15, 0.2) is 48.5 Å². The molecule has 0 saturated carbocycles. The van der Waals surface area contributed by atoms with E-state index < -0.39 is 9.84 Å². The van der Waals surface area contributed by atoms with Gasteiger partial charge in [0.25, 0.3) is 0 Å². The minimum absolute atomic E-state index is 0.0206. The lowest BCUT2D eigenvalue weighted by Crippen LogP contribution is -2.62. The lowest BCUT2D eigenvalue weighted by molar-refractivity contribution is -0.123. The van der Waals surface area contributed by atoms with Gasteiger partial charge < -0.3 is 4.90 Å². The number of hydrogen-bond acceptors (Lipinski definition) is 4. The molecule has 2 fully saturated rings. The van der Waals surface area contributed by atoms with Crippen LogP contribution in [0.3, 0.4) is 0 Å². The van der Waals surface area contributed by atoms with Crippen LogP contribution in [0.5, 0.6) is 0 Å². The molecule has 0 unspecified atom stereocenters. The van der Waals surface area contributed by atoms with E-state index in [4.69, 9.17) is 11.6 Å². The molecule has 7 heteroatoms. The number of anilines is 1. The molecular weight excluding hydrogens is 420 g/mol. The predicted molar refractivity (Wildman–Crippen MR) is 121 cm³/mol. The fourth-order valence-corrected chi connectivity index (χ4v) is 6.59. The number of piperazine rings is 1. The summed E-state index contributed by atoms with van der Waals surface area (Å²) in [5.41, 5.74) is 3.10. The fraction of sp³-hybridized carbons (Fsp3) is 0.435. The van der Waals surface area contributed by atoms with Crippen LogP contribution in [0, 0.1) is 0 Å². The van der Waals surface area contributed by atoms with Crippen LogP contribution in [0.4, 0.5) is 5.69 Å². The van der Waals surface area contributed by atoms with E-state index in [1.165, 1.54) is 5.56 Å². The van der Waals surface area contributed by atoms with Crippen molar-refractivity contribution in [3.05, 3.63) is 64.7 Å². The maximum atomic E-state index is 13.1. The molecule has 2 aliphatic rings. The van der Waals surface area contributed by atoms with Crippen molar-refractivity contribution in [1.29, 1.82) is 0 Å². The highest BCUT2D eigenvalue weighted by molar-refractivity contribution is 7.91. The summed E-state index contributed by atoms with van der Waals surface area (Å²) in [4.78, 5) is 16.9. The summed E-state index contributed by atoms with van der Waals surface area (Å²) in [6.45, 7) is 5.12. The first kappa shape index (κ1) is 21.3. The monoisotopic (exact) mass is 446 g/mol. The maximum absolute atomic E-state index is 13.1. The Hall–Kier alpha value is -1.89. The van der Waals surface area contributed by atoms with Gasteiger partial charge in [0.1, 0.15) is 0 Å². The third-order valence-corrected chi connectivity index (χ3v) is 8.09. The number of rotatable bonds is 5. The van der Waals surface area contributed by atoms with E-state index in [0.717, 1.165) is 17.7 Å². The highest BCUT2D eigenvalue weighted by atomic mass is 35.5. The number of halogens is 1. The topological polar surface area (TPSA) is 57.7 Å². The van der Waals surface area contributed by atoms with Gasteiger partial charge in [-0.3, -0.25) is 9.69 Å². The number of nitrogens with zero attached hydrogens (tertiary/aromatic N) is 2. The Morgan fingerprint density at radius 1 is 1.00 bits per heavy atom. The second kappa shape index (κ2) is 8.33. The van der Waals surface area contributed by atoms with Gasteiger partial charge in [-0.05, 0) is 47.7 Å². The van der Waals surface area contributed by atoms with Gasteiger partial charge in [0.2, 0.25) is 5.91 Å². The van der Waals surface area contributed by atoms with Crippen LogP contribution in [0.25, 0.3) is 0 Å². The molecule has 0 radical (unpaired) electrons. The predicted octanol–water partition coefficient (Wildman–Crippen LogP) is 3.52. The van der Waals surface area contributed by atoms with Crippen molar-refractivity contribution in [3.63, 3.8) is 0 Å². The van der Waals surface area contributed by atoms with E-state index in [1.54, 1.807) is 4.90 Å². The molecule has 0 bridgehead atoms. The Balaban J connectivity index is 1.56. The van der Waals surface area contributed by atoms with Gasteiger partial charge in [0.05, 0.1) is 24.1 Å². The van der Waals surface area contributed by atoms with Crippen molar-refractivity contribution in [1.82, 2.24) is 4.90 Å². The summed E-state index contributed by atoms with van der Waals surface area (Å²) in [7, 11) is -3.19. The molecule has 2 saturated heterocycles. The zero-order valence-corrected chi connectivity index (χ0v) is 18.9. The van der Waals surface area contributed by atoms with Crippen LogP contribution in [0.1, 0.15) is 30.9 Å². The minimum atomic E-state index is -3.19. The number of hydrogen-bond donors (Lipinski definition) is 0. The largest absolute Gasteiger partial charge is 0.306 e. The Morgan fingerprint density at radius 3 is 2.27 bits per heavy atom. The van der Waals surface area contributed by atoms with Gasteiger partial charge in [-0.15, -0.1) is 0 Å². The summed E-state index contributed by atoms with van der Waals surface area (Å²) in [5.74, 6) is 0.486. The average molecular weight is 447 g/mol. The molecule has 1 amide bonds. The van der Waals surface area contributed by atoms with Crippen LogP contribution in [-0.2, 0) is 21.1 Å². The zero-order valence-electron chi connectivity index (χ0n) is 17.3. The van der Waals surface area contributed by atoms with Gasteiger partial charge in [0.15, 0.2) is 9.84 Å². The quantitative estimate of drug-likeness (QED) is 0.705. The summed E-state index contributed by atoms with van der Waals surface area (Å²) in [6, 6.07) is 15.1.